The van der Waals surface area contributed by atoms with E-state index in [9.17, 15) is 35.9 Å². The number of primary amides is 1. The Morgan fingerprint density at radius 2 is 1.90 bits per heavy atom. The van der Waals surface area contributed by atoms with Gasteiger partial charge in [-0.15, -0.1) is 0 Å². The van der Waals surface area contributed by atoms with Crippen LogP contribution in [0.2, 0.25) is 0 Å². The van der Waals surface area contributed by atoms with Crippen LogP contribution in [0.15, 0.2) is 41.7 Å². The predicted octanol–water partition coefficient (Wildman–Crippen LogP) is 4.51. The molecule has 0 radical (unpaired) electrons. The Bertz CT molecular complexity index is 1280. The molecule has 39 heavy (non-hydrogen) atoms. The molecule has 0 unspecified atom stereocenters. The van der Waals surface area contributed by atoms with Crippen LogP contribution in [0.1, 0.15) is 48.3 Å². The summed E-state index contributed by atoms with van der Waals surface area (Å²) < 4.78 is 94.9. The average Bonchev–Trinajstić information content (AvgIpc) is 3.13. The highest BCUT2D eigenvalue weighted by Gasteiger charge is 2.66. The number of alkyl halides is 6. The van der Waals surface area contributed by atoms with Crippen molar-refractivity contribution in [2.75, 3.05) is 11.9 Å². The van der Waals surface area contributed by atoms with Crippen molar-refractivity contribution in [3.05, 3.63) is 53.3 Å². The standard InChI is InChI=1S/C24H24F6N4O5/c1-11(34-37)10-38-18-14(5-4-6-15(18)23(25,26)27)17-12(2)22(3,24(28,29)30)39-19(17)21(36)33-13-7-8-32-16(9-13)20(31)35/h4-9,12,17,19,37H,10H2,1-3H3,(H2,31,35)(H,32,33,36)/b34-11+/t12-,17-,19+,22+/m0/s1. The van der Waals surface area contributed by atoms with Crippen molar-refractivity contribution in [2.24, 2.45) is 16.8 Å². The van der Waals surface area contributed by atoms with Crippen molar-refractivity contribution in [3.63, 3.8) is 0 Å². The van der Waals surface area contributed by atoms with Gasteiger partial charge in [0.1, 0.15) is 24.2 Å². The van der Waals surface area contributed by atoms with Crippen LogP contribution in [0, 0.1) is 5.92 Å². The van der Waals surface area contributed by atoms with E-state index in [4.69, 9.17) is 20.4 Å². The van der Waals surface area contributed by atoms with Crippen LogP contribution in [0.25, 0.3) is 0 Å². The number of hydrogen-bond acceptors (Lipinski definition) is 7. The van der Waals surface area contributed by atoms with Crippen LogP contribution in [0.3, 0.4) is 0 Å². The van der Waals surface area contributed by atoms with Crippen LogP contribution in [0.4, 0.5) is 32.0 Å². The van der Waals surface area contributed by atoms with Gasteiger partial charge in [0.25, 0.3) is 11.8 Å². The number of nitrogens with one attached hydrogen (secondary N) is 1. The molecule has 1 aromatic heterocycles. The van der Waals surface area contributed by atoms with E-state index in [1.165, 1.54) is 13.0 Å². The summed E-state index contributed by atoms with van der Waals surface area (Å²) in [4.78, 5) is 28.4. The van der Waals surface area contributed by atoms with Crippen LogP contribution in [-0.2, 0) is 15.7 Å². The van der Waals surface area contributed by atoms with E-state index in [1.807, 2.05) is 0 Å². The van der Waals surface area contributed by atoms with Crippen molar-refractivity contribution < 1.29 is 50.6 Å². The van der Waals surface area contributed by atoms with Crippen molar-refractivity contribution in [3.8, 4) is 5.75 Å². The Labute approximate surface area is 218 Å². The molecule has 1 saturated heterocycles. The smallest absolute Gasteiger partial charge is 0.419 e. The minimum Gasteiger partial charge on any atom is -0.487 e. The van der Waals surface area contributed by atoms with Gasteiger partial charge in [-0.3, -0.25) is 14.6 Å². The van der Waals surface area contributed by atoms with Gasteiger partial charge in [0.15, 0.2) is 5.60 Å². The molecule has 9 nitrogen and oxygen atoms in total. The zero-order chi connectivity index (χ0) is 29.3. The van der Waals surface area contributed by atoms with E-state index >= 15 is 0 Å². The number of carbonyl (C=O) groups is 2. The molecule has 3 rings (SSSR count). The second-order valence-corrected chi connectivity index (χ2v) is 9.09. The molecule has 1 aliphatic rings. The lowest BCUT2D eigenvalue weighted by Crippen LogP contribution is -2.47. The largest absolute Gasteiger partial charge is 0.487 e. The number of nitrogens with two attached hydrogens (primary N) is 1. The molecule has 0 saturated carbocycles. The number of pyridine rings is 1. The molecule has 1 aromatic carbocycles. The second kappa shape index (κ2) is 10.7. The van der Waals surface area contributed by atoms with Crippen molar-refractivity contribution in [1.29, 1.82) is 0 Å². The number of ether oxygens (including phenoxy) is 2. The fourth-order valence-corrected chi connectivity index (χ4v) is 4.29. The van der Waals surface area contributed by atoms with E-state index in [1.54, 1.807) is 0 Å². The second-order valence-electron chi connectivity index (χ2n) is 9.09. The summed E-state index contributed by atoms with van der Waals surface area (Å²) >= 11 is 0. The number of aromatic nitrogens is 1. The predicted molar refractivity (Wildman–Crippen MR) is 124 cm³/mol. The number of amides is 2. The first-order valence-electron chi connectivity index (χ1n) is 11.3. The maximum atomic E-state index is 14.2. The van der Waals surface area contributed by atoms with Crippen LogP contribution < -0.4 is 15.8 Å². The molecule has 4 atom stereocenters. The van der Waals surface area contributed by atoms with Crippen LogP contribution in [0.5, 0.6) is 5.75 Å². The third-order valence-corrected chi connectivity index (χ3v) is 6.51. The number of rotatable bonds is 7. The van der Waals surface area contributed by atoms with E-state index < -0.39 is 65.6 Å². The fraction of sp³-hybridized carbons (Fsp3) is 0.417. The van der Waals surface area contributed by atoms with Gasteiger partial charge < -0.3 is 25.7 Å². The highest BCUT2D eigenvalue weighted by atomic mass is 19.4. The summed E-state index contributed by atoms with van der Waals surface area (Å²) in [5.41, 5.74) is 0.118. The highest BCUT2D eigenvalue weighted by molar-refractivity contribution is 5.97. The van der Waals surface area contributed by atoms with E-state index in [-0.39, 0.29) is 22.7 Å². The minimum absolute atomic E-state index is 0.0605. The molecule has 0 bridgehead atoms. The van der Waals surface area contributed by atoms with Crippen molar-refractivity contribution in [2.45, 2.75) is 50.7 Å². The molecule has 4 N–H and O–H groups in total. The van der Waals surface area contributed by atoms with Gasteiger partial charge in [-0.2, -0.15) is 26.3 Å². The molecule has 0 aliphatic carbocycles. The molecule has 15 heteroatoms. The average molecular weight is 562 g/mol. The summed E-state index contributed by atoms with van der Waals surface area (Å²) in [7, 11) is 0. The first-order valence-corrected chi connectivity index (χ1v) is 11.3. The number of hydrogen-bond donors (Lipinski definition) is 3. The zero-order valence-corrected chi connectivity index (χ0v) is 20.7. The lowest BCUT2D eigenvalue weighted by Gasteiger charge is -2.32. The molecular weight excluding hydrogens is 538 g/mol. The molecule has 1 fully saturated rings. The molecule has 2 amide bonds. The normalized spacial score (nSPS) is 23.9. The first kappa shape index (κ1) is 29.7. The molecule has 0 spiro atoms. The van der Waals surface area contributed by atoms with Gasteiger partial charge in [0.2, 0.25) is 0 Å². The minimum atomic E-state index is -5.02. The maximum absolute atomic E-state index is 14.2. The number of oxime groups is 1. The monoisotopic (exact) mass is 562 g/mol. The fourth-order valence-electron chi connectivity index (χ4n) is 4.29. The first-order chi connectivity index (χ1) is 18.0. The maximum Gasteiger partial charge on any atom is 0.419 e. The number of benzene rings is 1. The van der Waals surface area contributed by atoms with Gasteiger partial charge in [-0.05, 0) is 32.0 Å². The molecule has 2 aromatic rings. The Morgan fingerprint density at radius 1 is 1.23 bits per heavy atom. The lowest BCUT2D eigenvalue weighted by atomic mass is 9.76. The molecule has 212 valence electrons. The number of halogens is 6. The Morgan fingerprint density at radius 3 is 2.46 bits per heavy atom. The van der Waals surface area contributed by atoms with Crippen molar-refractivity contribution in [1.82, 2.24) is 4.98 Å². The van der Waals surface area contributed by atoms with E-state index in [0.29, 0.717) is 13.0 Å². The number of nitrogens with zero attached hydrogens (tertiary/aromatic N) is 2. The summed E-state index contributed by atoms with van der Waals surface area (Å²) in [6.07, 6.45) is -10.8. The van der Waals surface area contributed by atoms with Gasteiger partial charge in [0, 0.05) is 29.3 Å². The summed E-state index contributed by atoms with van der Waals surface area (Å²) in [6, 6.07) is 5.07. The highest BCUT2D eigenvalue weighted by Crippen LogP contribution is 2.55. The van der Waals surface area contributed by atoms with Crippen LogP contribution >= 0.6 is 0 Å². The Kier molecular flexibility index (Phi) is 8.15. The third-order valence-electron chi connectivity index (χ3n) is 6.51. The van der Waals surface area contributed by atoms with Gasteiger partial charge in [-0.1, -0.05) is 24.2 Å². The van der Waals surface area contributed by atoms with Crippen LogP contribution in [-0.4, -0.2) is 52.2 Å². The van der Waals surface area contributed by atoms with Gasteiger partial charge in [0.05, 0.1) is 11.3 Å². The van der Waals surface area contributed by atoms with Gasteiger partial charge >= 0.3 is 12.4 Å². The quantitative estimate of drug-likeness (QED) is 0.197. The Balaban J connectivity index is 2.16. The SMILES string of the molecule is C/C(COc1c([C@H]2[C@H](C(=O)Nc3ccnc(C(N)=O)c3)O[C@@](C)(C(F)(F)F)[C@H]2C)cccc1C(F)(F)F)=N\O. The number of anilines is 1. The van der Waals surface area contributed by atoms with Crippen molar-refractivity contribution >= 4 is 23.2 Å². The molecular formula is C24H24F6N4O5. The zero-order valence-electron chi connectivity index (χ0n) is 20.7. The number of carbonyl (C=O) groups excluding carboxylic acids is 2. The summed E-state index contributed by atoms with van der Waals surface area (Å²) in [6.45, 7) is 2.43. The molecule has 2 heterocycles. The lowest BCUT2D eigenvalue weighted by molar-refractivity contribution is -0.272. The topological polar surface area (TPSA) is 136 Å². The van der Waals surface area contributed by atoms with E-state index in [0.717, 1.165) is 31.3 Å². The van der Waals surface area contributed by atoms with Gasteiger partial charge in [-0.25, -0.2) is 0 Å². The number of para-hydroxylation sites is 1. The molecule has 1 aliphatic heterocycles. The Hall–Kier alpha value is -3.88. The summed E-state index contributed by atoms with van der Waals surface area (Å²) in [5.74, 6) is -6.06. The van der Waals surface area contributed by atoms with E-state index in [2.05, 4.69) is 15.5 Å². The summed E-state index contributed by atoms with van der Waals surface area (Å²) in [5, 5.41) is 14.0. The third kappa shape index (κ3) is 5.92.